The van der Waals surface area contributed by atoms with Gasteiger partial charge in [-0.1, -0.05) is 6.08 Å². The third kappa shape index (κ3) is 3.61. The largest absolute Gasteiger partial charge is 0.449 e. The molecule has 0 saturated heterocycles. The minimum atomic E-state index is -1.23. The standard InChI is InChI=1S/C17H17N3O6/c1-4-7-20-14(22)11-6-5-10(8-12(11)15(20)23)16(24)26-9(2)13(21)19-17(25)18-3/h4-6,8-9H,1,7H2,2-3H3,(H2,18,19,21,25)/t9-/m1/s1. The van der Waals surface area contributed by atoms with E-state index in [0.29, 0.717) is 0 Å². The molecule has 9 nitrogen and oxygen atoms in total. The van der Waals surface area contributed by atoms with Crippen LogP contribution >= 0.6 is 0 Å². The Labute approximate surface area is 149 Å². The first kappa shape index (κ1) is 18.8. The van der Waals surface area contributed by atoms with E-state index in [0.717, 1.165) is 4.90 Å². The first-order valence-corrected chi connectivity index (χ1v) is 7.64. The molecule has 2 rings (SSSR count). The topological polar surface area (TPSA) is 122 Å². The molecule has 0 radical (unpaired) electrons. The molecule has 1 aliphatic heterocycles. The van der Waals surface area contributed by atoms with Gasteiger partial charge in [-0.05, 0) is 25.1 Å². The van der Waals surface area contributed by atoms with Crippen LogP contribution in [0.4, 0.5) is 4.79 Å². The lowest BCUT2D eigenvalue weighted by molar-refractivity contribution is -0.127. The number of fused-ring (bicyclic) bond motifs is 1. The van der Waals surface area contributed by atoms with E-state index in [1.54, 1.807) is 0 Å². The number of hydrogen-bond acceptors (Lipinski definition) is 6. The molecule has 1 aromatic rings. The lowest BCUT2D eigenvalue weighted by Crippen LogP contribution is -2.43. The normalized spacial score (nSPS) is 13.7. The highest BCUT2D eigenvalue weighted by molar-refractivity contribution is 6.22. The summed E-state index contributed by atoms with van der Waals surface area (Å²) in [6.07, 6.45) is 0.187. The highest BCUT2D eigenvalue weighted by Crippen LogP contribution is 2.24. The van der Waals surface area contributed by atoms with Crippen molar-refractivity contribution in [1.29, 1.82) is 0 Å². The van der Waals surface area contributed by atoms with E-state index in [-0.39, 0.29) is 23.2 Å². The van der Waals surface area contributed by atoms with Crippen LogP contribution in [0.5, 0.6) is 0 Å². The van der Waals surface area contributed by atoms with Gasteiger partial charge in [-0.25, -0.2) is 9.59 Å². The van der Waals surface area contributed by atoms with Gasteiger partial charge in [0.05, 0.1) is 16.7 Å². The molecule has 1 heterocycles. The van der Waals surface area contributed by atoms with Gasteiger partial charge in [0.15, 0.2) is 6.10 Å². The lowest BCUT2D eigenvalue weighted by atomic mass is 10.1. The van der Waals surface area contributed by atoms with E-state index in [1.165, 1.54) is 38.2 Å². The maximum Gasteiger partial charge on any atom is 0.338 e. The molecule has 2 N–H and O–H groups in total. The summed E-state index contributed by atoms with van der Waals surface area (Å²) in [6, 6.07) is 3.18. The van der Waals surface area contributed by atoms with E-state index in [1.807, 2.05) is 5.32 Å². The molecule has 0 aromatic heterocycles. The number of hydrogen-bond donors (Lipinski definition) is 2. The van der Waals surface area contributed by atoms with Gasteiger partial charge in [-0.3, -0.25) is 24.6 Å². The molecule has 0 aliphatic carbocycles. The third-order valence-electron chi connectivity index (χ3n) is 3.63. The summed E-state index contributed by atoms with van der Waals surface area (Å²) in [7, 11) is 1.33. The van der Waals surface area contributed by atoms with Crippen LogP contribution in [0.3, 0.4) is 0 Å². The maximum absolute atomic E-state index is 12.3. The Kier molecular flexibility index (Phi) is 5.51. The van der Waals surface area contributed by atoms with Crippen molar-refractivity contribution in [1.82, 2.24) is 15.5 Å². The van der Waals surface area contributed by atoms with Crippen LogP contribution in [0.15, 0.2) is 30.9 Å². The molecule has 0 spiro atoms. The Morgan fingerprint density at radius 3 is 2.50 bits per heavy atom. The molecule has 136 valence electrons. The fraction of sp³-hybridized carbons (Fsp3) is 0.235. The van der Waals surface area contributed by atoms with Crippen molar-refractivity contribution in [3.05, 3.63) is 47.5 Å². The van der Waals surface area contributed by atoms with Crippen LogP contribution in [0.2, 0.25) is 0 Å². The van der Waals surface area contributed by atoms with Crippen molar-refractivity contribution in [2.45, 2.75) is 13.0 Å². The highest BCUT2D eigenvalue weighted by atomic mass is 16.5. The van der Waals surface area contributed by atoms with Crippen LogP contribution < -0.4 is 10.6 Å². The van der Waals surface area contributed by atoms with Gasteiger partial charge in [0, 0.05) is 13.6 Å². The molecule has 5 amide bonds. The number of ether oxygens (including phenoxy) is 1. The molecule has 9 heteroatoms. The maximum atomic E-state index is 12.3. The zero-order valence-corrected chi connectivity index (χ0v) is 14.2. The number of esters is 1. The summed E-state index contributed by atoms with van der Waals surface area (Å²) in [6.45, 7) is 4.84. The van der Waals surface area contributed by atoms with Gasteiger partial charge >= 0.3 is 12.0 Å². The zero-order chi connectivity index (χ0) is 19.4. The summed E-state index contributed by atoms with van der Waals surface area (Å²) >= 11 is 0. The van der Waals surface area contributed by atoms with Crippen molar-refractivity contribution < 1.29 is 28.7 Å². The highest BCUT2D eigenvalue weighted by Gasteiger charge is 2.35. The van der Waals surface area contributed by atoms with Gasteiger partial charge in [-0.2, -0.15) is 0 Å². The van der Waals surface area contributed by atoms with Crippen molar-refractivity contribution in [3.8, 4) is 0 Å². The van der Waals surface area contributed by atoms with Gasteiger partial charge < -0.3 is 10.1 Å². The second-order valence-corrected chi connectivity index (χ2v) is 5.39. The Morgan fingerprint density at radius 2 is 1.88 bits per heavy atom. The number of amides is 5. The van der Waals surface area contributed by atoms with Gasteiger partial charge in [0.25, 0.3) is 17.7 Å². The van der Waals surface area contributed by atoms with E-state index < -0.39 is 35.8 Å². The van der Waals surface area contributed by atoms with E-state index in [9.17, 15) is 24.0 Å². The van der Waals surface area contributed by atoms with E-state index >= 15 is 0 Å². The number of nitrogens with zero attached hydrogens (tertiary/aromatic N) is 1. The molecule has 0 bridgehead atoms. The van der Waals surface area contributed by atoms with E-state index in [4.69, 9.17) is 4.74 Å². The third-order valence-corrected chi connectivity index (χ3v) is 3.63. The Bertz CT molecular complexity index is 817. The quantitative estimate of drug-likeness (QED) is 0.448. The zero-order valence-electron chi connectivity index (χ0n) is 14.2. The lowest BCUT2D eigenvalue weighted by Gasteiger charge is -2.12. The van der Waals surface area contributed by atoms with Crippen LogP contribution in [0, 0.1) is 0 Å². The van der Waals surface area contributed by atoms with Crippen molar-refractivity contribution in [3.63, 3.8) is 0 Å². The minimum Gasteiger partial charge on any atom is -0.449 e. The average molecular weight is 359 g/mol. The summed E-state index contributed by atoms with van der Waals surface area (Å²) in [5.74, 6) is -2.68. The first-order valence-electron chi connectivity index (χ1n) is 7.64. The SMILES string of the molecule is C=CCN1C(=O)c2ccc(C(=O)O[C@H](C)C(=O)NC(=O)NC)cc2C1=O. The van der Waals surface area contributed by atoms with E-state index in [2.05, 4.69) is 11.9 Å². The molecule has 1 atom stereocenters. The Hall–Kier alpha value is -3.49. The molecule has 0 saturated carbocycles. The monoisotopic (exact) mass is 359 g/mol. The summed E-state index contributed by atoms with van der Waals surface area (Å²) in [5.41, 5.74) is 0.262. The van der Waals surface area contributed by atoms with Crippen molar-refractivity contribution >= 4 is 29.7 Å². The van der Waals surface area contributed by atoms with Gasteiger partial charge in [0.1, 0.15) is 0 Å². The van der Waals surface area contributed by atoms with Crippen molar-refractivity contribution in [2.75, 3.05) is 13.6 Å². The smallest absolute Gasteiger partial charge is 0.338 e. The van der Waals surface area contributed by atoms with Crippen LogP contribution in [-0.4, -0.2) is 54.3 Å². The fourth-order valence-corrected chi connectivity index (χ4v) is 2.27. The molecular weight excluding hydrogens is 342 g/mol. The van der Waals surface area contributed by atoms with Crippen LogP contribution in [-0.2, 0) is 9.53 Å². The van der Waals surface area contributed by atoms with Crippen LogP contribution in [0.1, 0.15) is 38.0 Å². The molecule has 0 fully saturated rings. The average Bonchev–Trinajstić information content (AvgIpc) is 2.86. The predicted octanol–water partition coefficient (Wildman–Crippen LogP) is 0.469. The second kappa shape index (κ2) is 7.60. The number of carbonyl (C=O) groups is 5. The summed E-state index contributed by atoms with van der Waals surface area (Å²) < 4.78 is 4.98. The Morgan fingerprint density at radius 1 is 1.23 bits per heavy atom. The number of urea groups is 1. The molecule has 1 aliphatic rings. The number of carbonyl (C=O) groups excluding carboxylic acids is 5. The van der Waals surface area contributed by atoms with Gasteiger partial charge in [0.2, 0.25) is 0 Å². The number of imide groups is 2. The minimum absolute atomic E-state index is 0.00458. The molecular formula is C17H17N3O6. The number of benzene rings is 1. The molecule has 26 heavy (non-hydrogen) atoms. The summed E-state index contributed by atoms with van der Waals surface area (Å²) in [4.78, 5) is 60.4. The summed E-state index contributed by atoms with van der Waals surface area (Å²) in [5, 5.41) is 4.17. The fourth-order valence-electron chi connectivity index (χ4n) is 2.27. The number of rotatable bonds is 5. The van der Waals surface area contributed by atoms with Crippen molar-refractivity contribution in [2.24, 2.45) is 0 Å². The predicted molar refractivity (Wildman–Crippen MR) is 89.5 cm³/mol. The first-order chi connectivity index (χ1) is 12.3. The Balaban J connectivity index is 2.14. The molecule has 1 aromatic carbocycles. The number of nitrogens with one attached hydrogen (secondary N) is 2. The second-order valence-electron chi connectivity index (χ2n) is 5.39. The van der Waals surface area contributed by atoms with Gasteiger partial charge in [-0.15, -0.1) is 6.58 Å². The molecule has 0 unspecified atom stereocenters. The van der Waals surface area contributed by atoms with Crippen LogP contribution in [0.25, 0.3) is 0 Å².